The van der Waals surface area contributed by atoms with E-state index in [1.165, 1.54) is 89.9 Å². The molecule has 0 heterocycles. The van der Waals surface area contributed by atoms with Gasteiger partial charge in [0.2, 0.25) is 0 Å². The van der Waals surface area contributed by atoms with Crippen LogP contribution < -0.4 is 0 Å². The van der Waals surface area contributed by atoms with Crippen molar-refractivity contribution >= 4 is 6.71 Å². The van der Waals surface area contributed by atoms with Crippen molar-refractivity contribution in [3.05, 3.63) is 47.6 Å². The van der Waals surface area contributed by atoms with Crippen molar-refractivity contribution in [3.8, 4) is 0 Å². The first kappa shape index (κ1) is 29.3. The molecule has 0 bridgehead atoms. The van der Waals surface area contributed by atoms with E-state index in [9.17, 15) is 0 Å². The van der Waals surface area contributed by atoms with Crippen molar-refractivity contribution in [2.45, 2.75) is 150 Å². The Bertz CT molecular complexity index is 631. The lowest BCUT2D eigenvalue weighted by molar-refractivity contribution is 0.356. The second-order valence-electron chi connectivity index (χ2n) is 13.9. The Labute approximate surface area is 214 Å². The Kier molecular flexibility index (Phi) is 12.5. The minimum atomic E-state index is 0.501. The van der Waals surface area contributed by atoms with Crippen LogP contribution in [0.25, 0.3) is 0 Å². The largest absolute Gasteiger partial charge is 0.161 e. The molecule has 2 unspecified atom stereocenters. The molecule has 0 radical (unpaired) electrons. The van der Waals surface area contributed by atoms with Crippen molar-refractivity contribution in [1.29, 1.82) is 0 Å². The molecule has 0 nitrogen and oxygen atoms in total. The van der Waals surface area contributed by atoms with Crippen LogP contribution in [0.3, 0.4) is 0 Å². The van der Waals surface area contributed by atoms with Crippen molar-refractivity contribution < 1.29 is 0 Å². The Morgan fingerprint density at radius 2 is 0.912 bits per heavy atom. The summed E-state index contributed by atoms with van der Waals surface area (Å²) in [5.41, 5.74) is 4.18. The van der Waals surface area contributed by atoms with Crippen LogP contribution in [0.2, 0.25) is 18.5 Å². The molecule has 2 aliphatic rings. The summed E-state index contributed by atoms with van der Waals surface area (Å²) in [6, 6.07) is 0. The summed E-state index contributed by atoms with van der Waals surface area (Å²) in [7, 11) is 0. The Morgan fingerprint density at radius 3 is 1.29 bits per heavy atom. The van der Waals surface area contributed by atoms with Crippen molar-refractivity contribution in [2.24, 2.45) is 10.8 Å². The Morgan fingerprint density at radius 1 is 0.559 bits per heavy atom. The molecule has 2 aliphatic carbocycles. The van der Waals surface area contributed by atoms with Gasteiger partial charge in [-0.25, -0.2) is 0 Å². The van der Waals surface area contributed by atoms with E-state index in [1.54, 1.807) is 11.1 Å². The zero-order valence-electron chi connectivity index (χ0n) is 24.1. The molecule has 0 aromatic rings. The van der Waals surface area contributed by atoms with Crippen molar-refractivity contribution in [1.82, 2.24) is 0 Å². The lowest BCUT2D eigenvalue weighted by atomic mass is 9.36. The second kappa shape index (κ2) is 14.6. The highest BCUT2D eigenvalue weighted by molar-refractivity contribution is 6.63. The molecule has 0 spiro atoms. The molecular formula is C33H57B. The zero-order valence-corrected chi connectivity index (χ0v) is 24.1. The third kappa shape index (κ3) is 12.6. The number of allylic oxidation sites excluding steroid dienone is 8. The predicted molar refractivity (Wildman–Crippen MR) is 157 cm³/mol. The molecule has 2 rings (SSSR count). The van der Waals surface area contributed by atoms with Crippen molar-refractivity contribution in [2.75, 3.05) is 0 Å². The van der Waals surface area contributed by atoms with E-state index in [-0.39, 0.29) is 0 Å². The van der Waals surface area contributed by atoms with Gasteiger partial charge in [-0.15, -0.1) is 0 Å². The molecule has 0 saturated carbocycles. The molecule has 1 heteroatoms. The van der Waals surface area contributed by atoms with Gasteiger partial charge in [-0.3, -0.25) is 0 Å². The minimum absolute atomic E-state index is 0.501. The Balaban J connectivity index is 1.58. The maximum Gasteiger partial charge on any atom is 0.161 e. The van der Waals surface area contributed by atoms with Gasteiger partial charge in [-0.2, -0.15) is 0 Å². The normalized spacial score (nSPS) is 20.2. The zero-order chi connectivity index (χ0) is 25.0. The average Bonchev–Trinajstić information content (AvgIpc) is 3.40. The predicted octanol–water partition coefficient (Wildman–Crippen LogP) is 11.4. The van der Waals surface area contributed by atoms with Crippen LogP contribution in [-0.4, -0.2) is 6.71 Å². The third-order valence-electron chi connectivity index (χ3n) is 7.88. The third-order valence-corrected chi connectivity index (χ3v) is 7.88. The quantitative estimate of drug-likeness (QED) is 0.157. The topological polar surface area (TPSA) is 0 Å². The summed E-state index contributed by atoms with van der Waals surface area (Å²) in [5.74, 6) is 1.24. The maximum atomic E-state index is 2.57. The van der Waals surface area contributed by atoms with Gasteiger partial charge in [-0.1, -0.05) is 147 Å². The summed E-state index contributed by atoms with van der Waals surface area (Å²) < 4.78 is 0. The van der Waals surface area contributed by atoms with Crippen LogP contribution in [0.4, 0.5) is 0 Å². The van der Waals surface area contributed by atoms with Crippen LogP contribution in [0, 0.1) is 10.8 Å². The van der Waals surface area contributed by atoms with Crippen molar-refractivity contribution in [3.63, 3.8) is 0 Å². The molecular weight excluding hydrogens is 407 g/mol. The lowest BCUT2D eigenvalue weighted by Gasteiger charge is -2.17. The van der Waals surface area contributed by atoms with Gasteiger partial charge in [-0.05, 0) is 61.0 Å². The SMILES string of the molecule is CB(C1C=CC(CCCCCCCC(C)(C)C)=C1)C1C=CC(CCCCCCCC(C)(C)C)=C1. The van der Waals surface area contributed by atoms with Gasteiger partial charge < -0.3 is 0 Å². The first-order valence-electron chi connectivity index (χ1n) is 14.8. The van der Waals surface area contributed by atoms with Crippen LogP contribution >= 0.6 is 0 Å². The van der Waals surface area contributed by atoms with E-state index in [0.717, 1.165) is 0 Å². The molecule has 0 fully saturated rings. The molecule has 0 aromatic heterocycles. The first-order chi connectivity index (χ1) is 16.0. The first-order valence-corrected chi connectivity index (χ1v) is 14.8. The maximum absolute atomic E-state index is 2.57. The minimum Gasteiger partial charge on any atom is -0.0846 e. The molecule has 0 N–H and O–H groups in total. The molecule has 34 heavy (non-hydrogen) atoms. The number of hydrogen-bond acceptors (Lipinski definition) is 0. The Hall–Kier alpha value is -0.975. The van der Waals surface area contributed by atoms with E-state index >= 15 is 0 Å². The van der Waals surface area contributed by atoms with E-state index in [0.29, 0.717) is 29.2 Å². The molecule has 0 aliphatic heterocycles. The van der Waals surface area contributed by atoms with Crippen LogP contribution in [0.15, 0.2) is 47.6 Å². The van der Waals surface area contributed by atoms with Gasteiger partial charge in [0.05, 0.1) is 0 Å². The number of rotatable bonds is 16. The van der Waals surface area contributed by atoms with E-state index in [1.807, 2.05) is 0 Å². The fourth-order valence-corrected chi connectivity index (χ4v) is 5.46. The highest BCUT2D eigenvalue weighted by Crippen LogP contribution is 2.37. The van der Waals surface area contributed by atoms with Gasteiger partial charge in [0, 0.05) is 0 Å². The summed E-state index contributed by atoms with van der Waals surface area (Å²) in [6.45, 7) is 17.3. The summed E-state index contributed by atoms with van der Waals surface area (Å²) in [5, 5.41) is 0. The summed E-state index contributed by atoms with van der Waals surface area (Å²) >= 11 is 0. The highest BCUT2D eigenvalue weighted by atomic mass is 14.2. The summed E-state index contributed by atoms with van der Waals surface area (Å²) in [4.78, 5) is 0. The fourth-order valence-electron chi connectivity index (χ4n) is 5.46. The number of hydrogen-bond donors (Lipinski definition) is 0. The number of unbranched alkanes of at least 4 members (excludes halogenated alkanes) is 8. The van der Waals surface area contributed by atoms with E-state index in [4.69, 9.17) is 0 Å². The summed E-state index contributed by atoms with van der Waals surface area (Å²) in [6.07, 6.45) is 34.1. The van der Waals surface area contributed by atoms with Gasteiger partial charge in [0.25, 0.3) is 0 Å². The van der Waals surface area contributed by atoms with E-state index in [2.05, 4.69) is 84.8 Å². The lowest BCUT2D eigenvalue weighted by Crippen LogP contribution is -2.17. The van der Waals surface area contributed by atoms with Crippen LogP contribution in [0.1, 0.15) is 131 Å². The van der Waals surface area contributed by atoms with Crippen LogP contribution in [0.5, 0.6) is 0 Å². The van der Waals surface area contributed by atoms with E-state index < -0.39 is 0 Å². The van der Waals surface area contributed by atoms with Gasteiger partial charge >= 0.3 is 0 Å². The van der Waals surface area contributed by atoms with Gasteiger partial charge in [0.15, 0.2) is 6.71 Å². The highest BCUT2D eigenvalue weighted by Gasteiger charge is 2.27. The monoisotopic (exact) mass is 464 g/mol. The molecule has 0 saturated heterocycles. The fraction of sp³-hybridized carbons (Fsp3) is 0.758. The van der Waals surface area contributed by atoms with Crippen LogP contribution in [-0.2, 0) is 0 Å². The standard InChI is InChI=1S/C33H57B/c1-32(2,3)24-16-12-8-10-14-18-28-20-22-30(26-28)34(7)31-23-21-29(27-31)19-15-11-9-13-17-25-33(4,5)6/h20-23,26-27,30-31H,8-19,24-25H2,1-7H3. The smallest absolute Gasteiger partial charge is 0.0846 e. The molecule has 0 amide bonds. The van der Waals surface area contributed by atoms with Gasteiger partial charge in [0.1, 0.15) is 0 Å². The molecule has 2 atom stereocenters. The second-order valence-corrected chi connectivity index (χ2v) is 13.9. The molecule has 192 valence electrons. The average molecular weight is 465 g/mol. The molecule has 0 aromatic carbocycles.